The van der Waals surface area contributed by atoms with Crippen LogP contribution in [0.5, 0.6) is 0 Å². The summed E-state index contributed by atoms with van der Waals surface area (Å²) in [6, 6.07) is 4.01. The molecule has 0 spiro atoms. The van der Waals surface area contributed by atoms with Crippen molar-refractivity contribution in [3.63, 3.8) is 0 Å². The second kappa shape index (κ2) is 7.90. The van der Waals surface area contributed by atoms with Crippen molar-refractivity contribution in [2.24, 2.45) is 0 Å². The van der Waals surface area contributed by atoms with Crippen LogP contribution in [0.1, 0.15) is 43.0 Å². The van der Waals surface area contributed by atoms with Crippen LogP contribution < -0.4 is 0 Å². The fourth-order valence-electron chi connectivity index (χ4n) is 4.05. The number of carbonyl (C=O) groups is 2. The number of rotatable bonds is 5. The maximum atomic E-state index is 12.7. The van der Waals surface area contributed by atoms with Crippen molar-refractivity contribution in [3.05, 3.63) is 48.3 Å². The highest BCUT2D eigenvalue weighted by atomic mass is 16.2. The SMILES string of the molecule is O=C1CCCN1CC(=O)N1CCC[C@H](c2nccn2Cc2ccncc2)C1. The van der Waals surface area contributed by atoms with E-state index in [0.717, 1.165) is 38.2 Å². The quantitative estimate of drug-likeness (QED) is 0.806. The minimum Gasteiger partial charge on any atom is -0.340 e. The molecule has 2 aliphatic rings. The molecule has 27 heavy (non-hydrogen) atoms. The number of pyridine rings is 1. The smallest absolute Gasteiger partial charge is 0.242 e. The van der Waals surface area contributed by atoms with Crippen molar-refractivity contribution in [2.45, 2.75) is 38.1 Å². The van der Waals surface area contributed by atoms with Crippen LogP contribution in [0, 0.1) is 0 Å². The molecule has 1 atom stereocenters. The van der Waals surface area contributed by atoms with E-state index < -0.39 is 0 Å². The molecular weight excluding hydrogens is 342 g/mol. The van der Waals surface area contributed by atoms with E-state index in [2.05, 4.69) is 14.5 Å². The first-order chi connectivity index (χ1) is 13.2. The Hall–Kier alpha value is -2.70. The van der Waals surface area contributed by atoms with Crippen molar-refractivity contribution in [1.82, 2.24) is 24.3 Å². The first-order valence-electron chi connectivity index (χ1n) is 9.66. The van der Waals surface area contributed by atoms with E-state index in [1.807, 2.05) is 29.4 Å². The fourth-order valence-corrected chi connectivity index (χ4v) is 4.05. The zero-order valence-electron chi connectivity index (χ0n) is 15.5. The highest BCUT2D eigenvalue weighted by Gasteiger charge is 2.30. The zero-order chi connectivity index (χ0) is 18.6. The summed E-state index contributed by atoms with van der Waals surface area (Å²) in [6.45, 7) is 3.12. The topological polar surface area (TPSA) is 71.3 Å². The van der Waals surface area contributed by atoms with Crippen molar-refractivity contribution in [3.8, 4) is 0 Å². The average molecular weight is 367 g/mol. The van der Waals surface area contributed by atoms with Gasteiger partial charge in [-0.3, -0.25) is 14.6 Å². The number of nitrogens with zero attached hydrogens (tertiary/aromatic N) is 5. The summed E-state index contributed by atoms with van der Waals surface area (Å²) in [6.07, 6.45) is 10.9. The van der Waals surface area contributed by atoms with E-state index in [4.69, 9.17) is 0 Å². The van der Waals surface area contributed by atoms with Gasteiger partial charge in [0, 0.05) is 63.3 Å². The van der Waals surface area contributed by atoms with E-state index in [-0.39, 0.29) is 24.3 Å². The summed E-state index contributed by atoms with van der Waals surface area (Å²) < 4.78 is 2.16. The minimum atomic E-state index is 0.0576. The summed E-state index contributed by atoms with van der Waals surface area (Å²) in [5.41, 5.74) is 1.18. The Morgan fingerprint density at radius 3 is 2.78 bits per heavy atom. The Labute approximate surface area is 159 Å². The number of hydrogen-bond donors (Lipinski definition) is 0. The molecule has 0 aromatic carbocycles. The van der Waals surface area contributed by atoms with Crippen molar-refractivity contribution in [1.29, 1.82) is 0 Å². The van der Waals surface area contributed by atoms with Gasteiger partial charge in [-0.2, -0.15) is 0 Å². The van der Waals surface area contributed by atoms with Crippen LogP contribution in [-0.4, -0.2) is 62.3 Å². The van der Waals surface area contributed by atoms with Crippen LogP contribution in [0.25, 0.3) is 0 Å². The van der Waals surface area contributed by atoms with E-state index in [1.165, 1.54) is 5.56 Å². The lowest BCUT2D eigenvalue weighted by atomic mass is 9.97. The number of hydrogen-bond acceptors (Lipinski definition) is 4. The minimum absolute atomic E-state index is 0.0576. The highest BCUT2D eigenvalue weighted by Crippen LogP contribution is 2.26. The maximum absolute atomic E-state index is 12.7. The van der Waals surface area contributed by atoms with Gasteiger partial charge in [-0.1, -0.05) is 0 Å². The molecule has 0 bridgehead atoms. The van der Waals surface area contributed by atoms with Crippen LogP contribution in [0.15, 0.2) is 36.9 Å². The van der Waals surface area contributed by atoms with Gasteiger partial charge >= 0.3 is 0 Å². The van der Waals surface area contributed by atoms with Crippen LogP contribution in [0.4, 0.5) is 0 Å². The van der Waals surface area contributed by atoms with Crippen molar-refractivity contribution < 1.29 is 9.59 Å². The Morgan fingerprint density at radius 1 is 1.15 bits per heavy atom. The zero-order valence-corrected chi connectivity index (χ0v) is 15.5. The number of aromatic nitrogens is 3. The van der Waals surface area contributed by atoms with E-state index in [1.54, 1.807) is 17.3 Å². The van der Waals surface area contributed by atoms with E-state index in [0.29, 0.717) is 19.5 Å². The molecule has 0 radical (unpaired) electrons. The molecule has 0 unspecified atom stereocenters. The van der Waals surface area contributed by atoms with Gasteiger partial charge in [0.15, 0.2) is 0 Å². The van der Waals surface area contributed by atoms with Crippen LogP contribution >= 0.6 is 0 Å². The molecule has 0 N–H and O–H groups in total. The second-order valence-corrected chi connectivity index (χ2v) is 7.37. The lowest BCUT2D eigenvalue weighted by Gasteiger charge is -2.33. The normalized spacial score (nSPS) is 20.3. The van der Waals surface area contributed by atoms with Gasteiger partial charge in [-0.05, 0) is 37.0 Å². The summed E-state index contributed by atoms with van der Waals surface area (Å²) in [7, 11) is 0. The molecule has 142 valence electrons. The molecule has 0 aliphatic carbocycles. The third-order valence-electron chi connectivity index (χ3n) is 5.49. The van der Waals surface area contributed by atoms with Gasteiger partial charge in [-0.15, -0.1) is 0 Å². The van der Waals surface area contributed by atoms with Gasteiger partial charge in [0.05, 0.1) is 6.54 Å². The lowest BCUT2D eigenvalue weighted by Crippen LogP contribution is -2.45. The average Bonchev–Trinajstić information content (AvgIpc) is 3.32. The molecule has 7 nitrogen and oxygen atoms in total. The number of imidazole rings is 1. The summed E-state index contributed by atoms with van der Waals surface area (Å²) in [4.78, 5) is 36.7. The van der Waals surface area contributed by atoms with Gasteiger partial charge in [0.25, 0.3) is 0 Å². The predicted molar refractivity (Wildman–Crippen MR) is 99.9 cm³/mol. The van der Waals surface area contributed by atoms with Gasteiger partial charge < -0.3 is 14.4 Å². The van der Waals surface area contributed by atoms with Crippen LogP contribution in [0.2, 0.25) is 0 Å². The Balaban J connectivity index is 1.42. The molecule has 2 aliphatic heterocycles. The Kier molecular flexibility index (Phi) is 5.18. The third kappa shape index (κ3) is 4.02. The number of piperidine rings is 1. The molecule has 2 fully saturated rings. The molecule has 2 aromatic heterocycles. The molecule has 0 saturated carbocycles. The van der Waals surface area contributed by atoms with Gasteiger partial charge in [-0.25, -0.2) is 4.98 Å². The Morgan fingerprint density at radius 2 is 2.00 bits per heavy atom. The molecule has 4 rings (SSSR count). The van der Waals surface area contributed by atoms with Crippen molar-refractivity contribution >= 4 is 11.8 Å². The van der Waals surface area contributed by atoms with Crippen LogP contribution in [-0.2, 0) is 16.1 Å². The van der Waals surface area contributed by atoms with Crippen LogP contribution in [0.3, 0.4) is 0 Å². The first-order valence-corrected chi connectivity index (χ1v) is 9.66. The summed E-state index contributed by atoms with van der Waals surface area (Å²) in [5, 5.41) is 0. The van der Waals surface area contributed by atoms with E-state index >= 15 is 0 Å². The first kappa shape index (κ1) is 17.7. The van der Waals surface area contributed by atoms with Crippen molar-refractivity contribution in [2.75, 3.05) is 26.2 Å². The standard InChI is InChI=1S/C20H25N5O2/c26-18-4-2-11-24(18)15-19(27)23-10-1-3-17(14-23)20-22-9-12-25(20)13-16-5-7-21-8-6-16/h5-9,12,17H,1-4,10-11,13-15H2/t17-/m0/s1. The number of amides is 2. The molecule has 2 saturated heterocycles. The lowest BCUT2D eigenvalue weighted by molar-refractivity contribution is -0.139. The molecule has 4 heterocycles. The molecule has 2 amide bonds. The summed E-state index contributed by atoms with van der Waals surface area (Å²) in [5.74, 6) is 1.42. The van der Waals surface area contributed by atoms with Gasteiger partial charge in [0.2, 0.25) is 11.8 Å². The third-order valence-corrected chi connectivity index (χ3v) is 5.49. The monoisotopic (exact) mass is 367 g/mol. The number of likely N-dealkylation sites (tertiary alicyclic amines) is 2. The predicted octanol–water partition coefficient (Wildman–Crippen LogP) is 1.65. The second-order valence-electron chi connectivity index (χ2n) is 7.37. The van der Waals surface area contributed by atoms with Gasteiger partial charge in [0.1, 0.15) is 5.82 Å². The molecule has 7 heteroatoms. The van der Waals surface area contributed by atoms with E-state index in [9.17, 15) is 9.59 Å². The maximum Gasteiger partial charge on any atom is 0.242 e. The summed E-state index contributed by atoms with van der Waals surface area (Å²) >= 11 is 0. The number of carbonyl (C=O) groups excluding carboxylic acids is 2. The fraction of sp³-hybridized carbons (Fsp3) is 0.500. The molecule has 2 aromatic rings. The molecular formula is C20H25N5O2. The Bertz CT molecular complexity index is 804. The highest BCUT2D eigenvalue weighted by molar-refractivity contribution is 5.86. The largest absolute Gasteiger partial charge is 0.340 e.